The molecule has 0 unspecified atom stereocenters. The van der Waals surface area contributed by atoms with Gasteiger partial charge in [0.2, 0.25) is 0 Å². The van der Waals surface area contributed by atoms with E-state index in [9.17, 15) is 4.79 Å². The van der Waals surface area contributed by atoms with Crippen molar-refractivity contribution in [3.05, 3.63) is 11.4 Å². The molecule has 0 aliphatic heterocycles. The van der Waals surface area contributed by atoms with Crippen LogP contribution in [0, 0.1) is 0 Å². The number of anilines is 1. The van der Waals surface area contributed by atoms with Gasteiger partial charge in [0.25, 0.3) is 5.91 Å². The molecule has 1 aliphatic carbocycles. The number of nitrogen functional groups attached to an aromatic ring is 1. The van der Waals surface area contributed by atoms with Crippen LogP contribution in [0.25, 0.3) is 0 Å². The number of aryl methyl sites for hydroxylation is 1. The largest absolute Gasteiger partial charge is 0.395 e. The van der Waals surface area contributed by atoms with Crippen LogP contribution in [0.2, 0.25) is 0 Å². The summed E-state index contributed by atoms with van der Waals surface area (Å²) in [4.78, 5) is 13.8. The molecule has 1 heterocycles. The molecule has 0 saturated heterocycles. The van der Waals surface area contributed by atoms with Gasteiger partial charge < -0.3 is 10.6 Å². The fourth-order valence-corrected chi connectivity index (χ4v) is 1.79. The van der Waals surface area contributed by atoms with Crippen molar-refractivity contribution in [3.63, 3.8) is 0 Å². The Hall–Kier alpha value is -1.52. The van der Waals surface area contributed by atoms with Crippen LogP contribution in [0.4, 0.5) is 5.69 Å². The van der Waals surface area contributed by atoms with Crippen molar-refractivity contribution in [2.24, 2.45) is 0 Å². The van der Waals surface area contributed by atoms with Gasteiger partial charge in [0.15, 0.2) is 5.69 Å². The lowest BCUT2D eigenvalue weighted by molar-refractivity contribution is 0.0780. The third-order valence-electron chi connectivity index (χ3n) is 3.00. The molecule has 0 radical (unpaired) electrons. The minimum Gasteiger partial charge on any atom is -0.395 e. The average Bonchev–Trinajstić information content (AvgIpc) is 3.05. The number of nitrogens with zero attached hydrogens (tertiary/aromatic N) is 2. The number of hydrogen-bond acceptors (Lipinski definition) is 3. The van der Waals surface area contributed by atoms with Gasteiger partial charge in [0.1, 0.15) is 0 Å². The SMILES string of the molecule is CCCc1[nH]nc(C(=O)N(C)C2CC2)c1N. The van der Waals surface area contributed by atoms with E-state index in [1.165, 1.54) is 0 Å². The van der Waals surface area contributed by atoms with Gasteiger partial charge in [0, 0.05) is 13.1 Å². The highest BCUT2D eigenvalue weighted by molar-refractivity contribution is 5.97. The first-order valence-corrected chi connectivity index (χ1v) is 5.75. The Bertz CT molecular complexity index is 395. The van der Waals surface area contributed by atoms with Crippen LogP contribution in [0.1, 0.15) is 42.4 Å². The van der Waals surface area contributed by atoms with Crippen LogP contribution < -0.4 is 5.73 Å². The summed E-state index contributed by atoms with van der Waals surface area (Å²) in [6.07, 6.45) is 4.00. The van der Waals surface area contributed by atoms with Crippen molar-refractivity contribution in [1.29, 1.82) is 0 Å². The van der Waals surface area contributed by atoms with Crippen LogP contribution in [-0.2, 0) is 6.42 Å². The summed E-state index contributed by atoms with van der Waals surface area (Å²) in [5, 5.41) is 6.87. The topological polar surface area (TPSA) is 75.0 Å². The number of amides is 1. The second-order valence-electron chi connectivity index (χ2n) is 4.36. The van der Waals surface area contributed by atoms with E-state index in [4.69, 9.17) is 5.73 Å². The van der Waals surface area contributed by atoms with E-state index in [1.807, 2.05) is 7.05 Å². The summed E-state index contributed by atoms with van der Waals surface area (Å²) in [7, 11) is 1.81. The van der Waals surface area contributed by atoms with Crippen LogP contribution >= 0.6 is 0 Å². The standard InChI is InChI=1S/C11H18N4O/c1-3-4-8-9(12)10(14-13-8)11(16)15(2)7-5-6-7/h7H,3-6,12H2,1-2H3,(H,13,14). The van der Waals surface area contributed by atoms with Gasteiger partial charge in [0.05, 0.1) is 11.4 Å². The third-order valence-corrected chi connectivity index (χ3v) is 3.00. The maximum atomic E-state index is 12.0. The van der Waals surface area contributed by atoms with E-state index in [2.05, 4.69) is 17.1 Å². The quantitative estimate of drug-likeness (QED) is 0.803. The summed E-state index contributed by atoms with van der Waals surface area (Å²) in [6.45, 7) is 2.07. The molecular weight excluding hydrogens is 204 g/mol. The molecule has 88 valence electrons. The van der Waals surface area contributed by atoms with E-state index < -0.39 is 0 Å². The molecule has 3 N–H and O–H groups in total. The predicted octanol–water partition coefficient (Wildman–Crippen LogP) is 1.18. The zero-order chi connectivity index (χ0) is 11.7. The molecule has 1 aromatic heterocycles. The van der Waals surface area contributed by atoms with Gasteiger partial charge in [-0.05, 0) is 19.3 Å². The first-order chi connectivity index (χ1) is 7.65. The van der Waals surface area contributed by atoms with Gasteiger partial charge >= 0.3 is 0 Å². The van der Waals surface area contributed by atoms with Crippen LogP contribution in [0.5, 0.6) is 0 Å². The fourth-order valence-electron chi connectivity index (χ4n) is 1.79. The summed E-state index contributed by atoms with van der Waals surface area (Å²) < 4.78 is 0. The highest BCUT2D eigenvalue weighted by Crippen LogP contribution is 2.27. The lowest BCUT2D eigenvalue weighted by atomic mass is 10.2. The van der Waals surface area contributed by atoms with Gasteiger partial charge in [-0.3, -0.25) is 9.89 Å². The van der Waals surface area contributed by atoms with Crippen LogP contribution in [0.15, 0.2) is 0 Å². The first kappa shape index (κ1) is 11.0. The number of aromatic nitrogens is 2. The molecule has 0 aromatic carbocycles. The summed E-state index contributed by atoms with van der Waals surface area (Å²) in [5.74, 6) is -0.0707. The second kappa shape index (κ2) is 4.15. The molecule has 1 aliphatic rings. The molecule has 5 heteroatoms. The zero-order valence-corrected chi connectivity index (χ0v) is 9.79. The van der Waals surface area contributed by atoms with E-state index in [-0.39, 0.29) is 5.91 Å². The summed E-state index contributed by atoms with van der Waals surface area (Å²) >= 11 is 0. The Morgan fingerprint density at radius 2 is 2.31 bits per heavy atom. The summed E-state index contributed by atoms with van der Waals surface area (Å²) in [5.41, 5.74) is 7.66. The number of rotatable bonds is 4. The second-order valence-corrected chi connectivity index (χ2v) is 4.36. The lowest BCUT2D eigenvalue weighted by Crippen LogP contribution is -2.29. The molecule has 1 fully saturated rings. The Morgan fingerprint density at radius 1 is 1.62 bits per heavy atom. The van der Waals surface area contributed by atoms with Crippen LogP contribution in [0.3, 0.4) is 0 Å². The Morgan fingerprint density at radius 3 is 2.88 bits per heavy atom. The van der Waals surface area contributed by atoms with Crippen molar-refractivity contribution in [3.8, 4) is 0 Å². The molecule has 5 nitrogen and oxygen atoms in total. The van der Waals surface area contributed by atoms with Crippen molar-refractivity contribution in [2.45, 2.75) is 38.6 Å². The molecule has 0 bridgehead atoms. The number of nitrogens with two attached hydrogens (primary N) is 1. The van der Waals surface area contributed by atoms with Gasteiger partial charge in [-0.25, -0.2) is 0 Å². The molecule has 1 amide bonds. The number of H-pyrrole nitrogens is 1. The molecule has 1 aromatic rings. The number of hydrogen-bond donors (Lipinski definition) is 2. The van der Waals surface area contributed by atoms with Crippen molar-refractivity contribution in [1.82, 2.24) is 15.1 Å². The Kier molecular flexibility index (Phi) is 2.85. The first-order valence-electron chi connectivity index (χ1n) is 5.75. The van der Waals surface area contributed by atoms with Crippen LogP contribution in [-0.4, -0.2) is 34.1 Å². The maximum Gasteiger partial charge on any atom is 0.276 e. The fraction of sp³-hybridized carbons (Fsp3) is 0.636. The number of nitrogens with one attached hydrogen (secondary N) is 1. The minimum absolute atomic E-state index is 0.0707. The molecule has 0 spiro atoms. The highest BCUT2D eigenvalue weighted by atomic mass is 16.2. The predicted molar refractivity (Wildman–Crippen MR) is 62.1 cm³/mol. The molecule has 16 heavy (non-hydrogen) atoms. The van der Waals surface area contributed by atoms with Gasteiger partial charge in [-0.1, -0.05) is 13.3 Å². The Balaban J connectivity index is 2.16. The Labute approximate surface area is 95.0 Å². The smallest absolute Gasteiger partial charge is 0.276 e. The molecule has 1 saturated carbocycles. The molecule has 0 atom stereocenters. The molecule has 2 rings (SSSR count). The van der Waals surface area contributed by atoms with Crippen molar-refractivity contribution >= 4 is 11.6 Å². The number of carbonyl (C=O) groups is 1. The monoisotopic (exact) mass is 222 g/mol. The van der Waals surface area contributed by atoms with E-state index in [0.717, 1.165) is 31.4 Å². The maximum absolute atomic E-state index is 12.0. The molecular formula is C11H18N4O. The zero-order valence-electron chi connectivity index (χ0n) is 9.79. The summed E-state index contributed by atoms with van der Waals surface area (Å²) in [6, 6.07) is 0.387. The lowest BCUT2D eigenvalue weighted by Gasteiger charge is -2.14. The average molecular weight is 222 g/mol. The minimum atomic E-state index is -0.0707. The van der Waals surface area contributed by atoms with E-state index >= 15 is 0 Å². The van der Waals surface area contributed by atoms with Crippen molar-refractivity contribution in [2.75, 3.05) is 12.8 Å². The third kappa shape index (κ3) is 1.89. The van der Waals surface area contributed by atoms with E-state index in [1.54, 1.807) is 4.90 Å². The van der Waals surface area contributed by atoms with Gasteiger partial charge in [-0.15, -0.1) is 0 Å². The normalized spacial score (nSPS) is 15.1. The van der Waals surface area contributed by atoms with E-state index in [0.29, 0.717) is 17.4 Å². The van der Waals surface area contributed by atoms with Gasteiger partial charge in [-0.2, -0.15) is 5.10 Å². The number of aromatic amines is 1. The number of carbonyl (C=O) groups excluding carboxylic acids is 1. The highest BCUT2D eigenvalue weighted by Gasteiger charge is 2.32. The van der Waals surface area contributed by atoms with Crippen molar-refractivity contribution < 1.29 is 4.79 Å².